The molecule has 1 unspecified atom stereocenters. The molecule has 9 heteroatoms. The van der Waals surface area contributed by atoms with Gasteiger partial charge in [0.2, 0.25) is 11.8 Å². The lowest BCUT2D eigenvalue weighted by Gasteiger charge is -2.34. The molecule has 0 aromatic heterocycles. The predicted octanol–water partition coefficient (Wildman–Crippen LogP) is 5.76. The van der Waals surface area contributed by atoms with Gasteiger partial charge in [-0.1, -0.05) is 97.8 Å². The molecular weight excluding hydrogens is 586 g/mol. The van der Waals surface area contributed by atoms with Crippen LogP contribution in [0.3, 0.4) is 0 Å². The van der Waals surface area contributed by atoms with Gasteiger partial charge in [0.1, 0.15) is 18.3 Å². The summed E-state index contributed by atoms with van der Waals surface area (Å²) in [5.74, 6) is -0.350. The first kappa shape index (κ1) is 33.3. The summed E-state index contributed by atoms with van der Waals surface area (Å²) >= 11 is 0. The molecule has 2 amide bonds. The number of amides is 2. The number of carbonyl (C=O) groups excluding carboxylic acids is 2. The molecule has 0 aliphatic rings. The highest BCUT2D eigenvalue weighted by atomic mass is 32.2. The van der Waals surface area contributed by atoms with Crippen LogP contribution in [0.25, 0.3) is 0 Å². The molecule has 4 aromatic rings. The number of carbonyl (C=O) groups is 2. The van der Waals surface area contributed by atoms with E-state index in [1.54, 1.807) is 36.4 Å². The van der Waals surface area contributed by atoms with Gasteiger partial charge in [-0.25, -0.2) is 8.42 Å². The molecule has 1 N–H and O–H groups in total. The fourth-order valence-corrected chi connectivity index (χ4v) is 6.38. The molecule has 0 heterocycles. The number of hydrogen-bond acceptors (Lipinski definition) is 5. The molecule has 45 heavy (non-hydrogen) atoms. The van der Waals surface area contributed by atoms with Crippen LogP contribution in [0.15, 0.2) is 114 Å². The van der Waals surface area contributed by atoms with Crippen molar-refractivity contribution in [1.82, 2.24) is 10.2 Å². The second-order valence-corrected chi connectivity index (χ2v) is 12.7. The molecule has 0 radical (unpaired) electrons. The second-order valence-electron chi connectivity index (χ2n) is 10.9. The van der Waals surface area contributed by atoms with Gasteiger partial charge < -0.3 is 15.0 Å². The summed E-state index contributed by atoms with van der Waals surface area (Å²) in [5, 5.41) is 3.01. The number of aryl methyl sites for hydroxylation is 1. The molecule has 0 bridgehead atoms. The first-order valence-corrected chi connectivity index (χ1v) is 16.6. The van der Waals surface area contributed by atoms with Crippen molar-refractivity contribution in [3.05, 3.63) is 126 Å². The Hall–Kier alpha value is -4.63. The van der Waals surface area contributed by atoms with Crippen molar-refractivity contribution in [2.24, 2.45) is 0 Å². The topological polar surface area (TPSA) is 96.0 Å². The van der Waals surface area contributed by atoms with Gasteiger partial charge in [-0.2, -0.15) is 0 Å². The van der Waals surface area contributed by atoms with Crippen molar-refractivity contribution in [2.45, 2.75) is 50.6 Å². The van der Waals surface area contributed by atoms with E-state index in [2.05, 4.69) is 5.32 Å². The van der Waals surface area contributed by atoms with Crippen LogP contribution in [0.2, 0.25) is 0 Å². The smallest absolute Gasteiger partial charge is 0.264 e. The highest BCUT2D eigenvalue weighted by Crippen LogP contribution is 2.28. The molecule has 236 valence electrons. The normalized spacial score (nSPS) is 11.8. The fraction of sp³-hybridized carbons (Fsp3) is 0.278. The highest BCUT2D eigenvalue weighted by molar-refractivity contribution is 7.92. The maximum atomic E-state index is 14.5. The quantitative estimate of drug-likeness (QED) is 0.169. The maximum absolute atomic E-state index is 14.5. The number of nitrogens with zero attached hydrogens (tertiary/aromatic N) is 2. The molecular formula is C36H41N3O5S. The predicted molar refractivity (Wildman–Crippen MR) is 178 cm³/mol. The zero-order chi connectivity index (χ0) is 32.2. The lowest BCUT2D eigenvalue weighted by Crippen LogP contribution is -2.53. The van der Waals surface area contributed by atoms with Gasteiger partial charge in [-0.05, 0) is 48.7 Å². The van der Waals surface area contributed by atoms with E-state index in [0.717, 1.165) is 33.8 Å². The molecule has 8 nitrogen and oxygen atoms in total. The lowest BCUT2D eigenvalue weighted by atomic mass is 10.0. The van der Waals surface area contributed by atoms with Crippen LogP contribution in [0.1, 0.15) is 36.5 Å². The number of rotatable bonds is 15. The molecule has 0 saturated heterocycles. The number of benzene rings is 4. The van der Waals surface area contributed by atoms with Crippen LogP contribution in [0, 0.1) is 6.92 Å². The van der Waals surface area contributed by atoms with Crippen LogP contribution in [-0.4, -0.2) is 51.4 Å². The molecule has 4 rings (SSSR count). The van der Waals surface area contributed by atoms with Crippen LogP contribution in [-0.2, 0) is 32.6 Å². The van der Waals surface area contributed by atoms with Gasteiger partial charge in [-0.3, -0.25) is 13.9 Å². The fourth-order valence-electron chi connectivity index (χ4n) is 4.97. The zero-order valence-corrected chi connectivity index (χ0v) is 26.9. The number of sulfonamides is 1. The SMILES string of the molecule is CCCCNC(=O)C(Cc1ccccc1)N(Cc1ccccc1)C(=O)CN(c1cccc(OC)c1)S(=O)(=O)c1ccc(C)cc1. The summed E-state index contributed by atoms with van der Waals surface area (Å²) in [4.78, 5) is 29.8. The van der Waals surface area contributed by atoms with Gasteiger partial charge in [0.15, 0.2) is 0 Å². The van der Waals surface area contributed by atoms with Crippen molar-refractivity contribution >= 4 is 27.5 Å². The minimum atomic E-state index is -4.19. The summed E-state index contributed by atoms with van der Waals surface area (Å²) < 4.78 is 34.8. The molecule has 0 spiro atoms. The Morgan fingerprint density at radius 1 is 0.844 bits per heavy atom. The van der Waals surface area contributed by atoms with E-state index in [9.17, 15) is 18.0 Å². The molecule has 0 saturated carbocycles. The van der Waals surface area contributed by atoms with Crippen molar-refractivity contribution < 1.29 is 22.7 Å². The summed E-state index contributed by atoms with van der Waals surface area (Å²) in [7, 11) is -2.69. The van der Waals surface area contributed by atoms with E-state index >= 15 is 0 Å². The Bertz CT molecular complexity index is 1650. The second kappa shape index (κ2) is 15.9. The standard InChI is InChI=1S/C36H41N3O5S/c1-4-5-23-37-36(41)34(24-29-13-8-6-9-14-29)38(26-30-15-10-7-11-16-30)35(40)27-39(31-17-12-18-32(25-31)44-3)45(42,43)33-21-19-28(2)20-22-33/h6-22,25,34H,4-5,23-24,26-27H2,1-3H3,(H,37,41). The summed E-state index contributed by atoms with van der Waals surface area (Å²) in [6.45, 7) is 3.99. The molecule has 0 aliphatic carbocycles. The Labute approximate surface area is 266 Å². The number of nitrogens with one attached hydrogen (secondary N) is 1. The average Bonchev–Trinajstić information content (AvgIpc) is 3.06. The van der Waals surface area contributed by atoms with Crippen molar-refractivity contribution in [3.63, 3.8) is 0 Å². The molecule has 0 aliphatic heterocycles. The summed E-state index contributed by atoms with van der Waals surface area (Å²) in [5.41, 5.74) is 2.88. The van der Waals surface area contributed by atoms with Crippen LogP contribution in [0.4, 0.5) is 5.69 Å². The zero-order valence-electron chi connectivity index (χ0n) is 26.1. The first-order chi connectivity index (χ1) is 21.7. The van der Waals surface area contributed by atoms with Gasteiger partial charge in [0, 0.05) is 25.6 Å². The third-order valence-electron chi connectivity index (χ3n) is 7.53. The van der Waals surface area contributed by atoms with Crippen LogP contribution in [0.5, 0.6) is 5.75 Å². The molecule has 0 fully saturated rings. The van der Waals surface area contributed by atoms with E-state index in [0.29, 0.717) is 12.3 Å². The number of hydrogen-bond donors (Lipinski definition) is 1. The van der Waals surface area contributed by atoms with E-state index in [1.807, 2.05) is 74.5 Å². The lowest BCUT2D eigenvalue weighted by molar-refractivity contribution is -0.140. The van der Waals surface area contributed by atoms with Gasteiger partial charge in [-0.15, -0.1) is 0 Å². The number of unbranched alkanes of at least 4 members (excludes halogenated alkanes) is 1. The minimum absolute atomic E-state index is 0.0523. The Morgan fingerprint density at radius 2 is 1.49 bits per heavy atom. The summed E-state index contributed by atoms with van der Waals surface area (Å²) in [6, 6.07) is 31.1. The van der Waals surface area contributed by atoms with Gasteiger partial charge >= 0.3 is 0 Å². The number of ether oxygens (including phenoxy) is 1. The monoisotopic (exact) mass is 627 g/mol. The number of anilines is 1. The van der Waals surface area contributed by atoms with Gasteiger partial charge in [0.25, 0.3) is 10.0 Å². The van der Waals surface area contributed by atoms with Crippen LogP contribution >= 0.6 is 0 Å². The van der Waals surface area contributed by atoms with E-state index in [-0.39, 0.29) is 29.5 Å². The average molecular weight is 628 g/mol. The van der Waals surface area contributed by atoms with Crippen LogP contribution < -0.4 is 14.4 Å². The van der Waals surface area contributed by atoms with Crippen molar-refractivity contribution in [2.75, 3.05) is 24.5 Å². The maximum Gasteiger partial charge on any atom is 0.264 e. The Balaban J connectivity index is 1.78. The van der Waals surface area contributed by atoms with E-state index in [1.165, 1.54) is 24.1 Å². The molecule has 4 aromatic carbocycles. The van der Waals surface area contributed by atoms with Gasteiger partial charge in [0.05, 0.1) is 17.7 Å². The Kier molecular flexibility index (Phi) is 11.8. The summed E-state index contributed by atoms with van der Waals surface area (Å²) in [6.07, 6.45) is 1.97. The Morgan fingerprint density at radius 3 is 2.11 bits per heavy atom. The largest absolute Gasteiger partial charge is 0.497 e. The third kappa shape index (κ3) is 8.95. The molecule has 1 atom stereocenters. The minimum Gasteiger partial charge on any atom is -0.497 e. The van der Waals surface area contributed by atoms with Crippen molar-refractivity contribution in [3.8, 4) is 5.75 Å². The number of methoxy groups -OCH3 is 1. The first-order valence-electron chi connectivity index (χ1n) is 15.1. The van der Waals surface area contributed by atoms with Crippen molar-refractivity contribution in [1.29, 1.82) is 0 Å². The third-order valence-corrected chi connectivity index (χ3v) is 9.31. The van der Waals surface area contributed by atoms with E-state index in [4.69, 9.17) is 4.74 Å². The highest BCUT2D eigenvalue weighted by Gasteiger charge is 2.34. The van der Waals surface area contributed by atoms with E-state index < -0.39 is 28.5 Å².